The Kier molecular flexibility index (Phi) is 2.23. The summed E-state index contributed by atoms with van der Waals surface area (Å²) in [7, 11) is 0. The zero-order chi connectivity index (χ0) is 9.30. The Balaban J connectivity index is 3.20. The number of hydrogen-bond donors (Lipinski definition) is 3. The number of anilines is 2. The molecule has 0 aliphatic carbocycles. The fourth-order valence-electron chi connectivity index (χ4n) is 1.13. The zero-order valence-electron chi connectivity index (χ0n) is 7.41. The lowest BCUT2D eigenvalue weighted by molar-refractivity contribution is 0.512. The minimum atomic E-state index is 0.239. The monoisotopic (exact) mass is 169 g/mol. The molecular weight excluding hydrogens is 154 g/mol. The molecular formula is C7H15N5. The summed E-state index contributed by atoms with van der Waals surface area (Å²) >= 11 is 0. The van der Waals surface area contributed by atoms with Crippen molar-refractivity contribution in [2.75, 3.05) is 11.5 Å². The molecule has 0 saturated heterocycles. The summed E-state index contributed by atoms with van der Waals surface area (Å²) in [6.45, 7) is 4.38. The Morgan fingerprint density at radius 2 is 2.00 bits per heavy atom. The lowest BCUT2D eigenvalue weighted by atomic mass is 10.3. The highest BCUT2D eigenvalue weighted by atomic mass is 15.3. The summed E-state index contributed by atoms with van der Waals surface area (Å²) in [5.41, 5.74) is 18.0. The van der Waals surface area contributed by atoms with Crippen molar-refractivity contribution in [2.45, 2.75) is 26.4 Å². The van der Waals surface area contributed by atoms with Gasteiger partial charge in [0.1, 0.15) is 0 Å². The van der Waals surface area contributed by atoms with Crippen LogP contribution in [0.5, 0.6) is 0 Å². The Morgan fingerprint density at radius 1 is 1.42 bits per heavy atom. The van der Waals surface area contributed by atoms with Gasteiger partial charge >= 0.3 is 0 Å². The van der Waals surface area contributed by atoms with Crippen LogP contribution in [0.15, 0.2) is 0 Å². The first-order valence-corrected chi connectivity index (χ1v) is 3.90. The molecule has 0 aromatic carbocycles. The average molecular weight is 169 g/mol. The number of hydrogen-bond acceptors (Lipinski definition) is 4. The van der Waals surface area contributed by atoms with Gasteiger partial charge in [0.05, 0.1) is 11.4 Å². The summed E-state index contributed by atoms with van der Waals surface area (Å²) in [6.07, 6.45) is 0. The third-order valence-corrected chi connectivity index (χ3v) is 1.76. The molecule has 1 aromatic heterocycles. The Hall–Kier alpha value is -1.23. The lowest BCUT2D eigenvalue weighted by Gasteiger charge is -2.08. The molecule has 12 heavy (non-hydrogen) atoms. The van der Waals surface area contributed by atoms with Crippen LogP contribution in [-0.4, -0.2) is 9.78 Å². The first-order valence-electron chi connectivity index (χ1n) is 3.90. The van der Waals surface area contributed by atoms with Gasteiger partial charge in [0.15, 0.2) is 5.82 Å². The maximum Gasteiger partial charge on any atom is 0.169 e. The topological polar surface area (TPSA) is 95.9 Å². The first-order chi connectivity index (χ1) is 5.57. The van der Waals surface area contributed by atoms with E-state index in [0.717, 1.165) is 5.69 Å². The van der Waals surface area contributed by atoms with E-state index in [1.54, 1.807) is 4.68 Å². The standard InChI is InChI=1S/C7H15N5/c1-4(2)12-5(3-8)6(9)7(10)11-12/h4H,3,8-9H2,1-2H3,(H2,10,11). The van der Waals surface area contributed by atoms with Gasteiger partial charge in [-0.3, -0.25) is 4.68 Å². The quantitative estimate of drug-likeness (QED) is 0.584. The van der Waals surface area contributed by atoms with Crippen LogP contribution in [-0.2, 0) is 6.54 Å². The molecule has 0 aliphatic rings. The van der Waals surface area contributed by atoms with E-state index in [2.05, 4.69) is 5.10 Å². The Bertz CT molecular complexity index is 276. The number of aromatic nitrogens is 2. The van der Waals surface area contributed by atoms with Gasteiger partial charge in [-0.2, -0.15) is 5.10 Å². The van der Waals surface area contributed by atoms with Crippen LogP contribution in [0.25, 0.3) is 0 Å². The van der Waals surface area contributed by atoms with Gasteiger partial charge in [-0.15, -0.1) is 0 Å². The van der Waals surface area contributed by atoms with Crippen LogP contribution in [0.4, 0.5) is 11.5 Å². The highest BCUT2D eigenvalue weighted by molar-refractivity contribution is 5.61. The molecule has 0 bridgehead atoms. The third-order valence-electron chi connectivity index (χ3n) is 1.76. The summed E-state index contributed by atoms with van der Waals surface area (Å²) < 4.78 is 1.75. The van der Waals surface area contributed by atoms with Crippen molar-refractivity contribution in [1.29, 1.82) is 0 Å². The van der Waals surface area contributed by atoms with E-state index >= 15 is 0 Å². The summed E-state index contributed by atoms with van der Waals surface area (Å²) in [6, 6.07) is 0.239. The third kappa shape index (κ3) is 1.23. The molecule has 5 nitrogen and oxygen atoms in total. The van der Waals surface area contributed by atoms with Crippen LogP contribution < -0.4 is 17.2 Å². The number of nitrogens with zero attached hydrogens (tertiary/aromatic N) is 2. The predicted octanol–water partition coefficient (Wildman–Crippen LogP) is 0.0871. The molecule has 6 N–H and O–H groups in total. The molecule has 0 saturated carbocycles. The summed E-state index contributed by atoms with van der Waals surface area (Å²) in [5, 5.41) is 4.07. The van der Waals surface area contributed by atoms with Gasteiger partial charge in [-0.05, 0) is 13.8 Å². The summed E-state index contributed by atoms with van der Waals surface area (Å²) in [4.78, 5) is 0. The average Bonchev–Trinajstić information content (AvgIpc) is 2.29. The van der Waals surface area contributed by atoms with Crippen molar-refractivity contribution >= 4 is 11.5 Å². The van der Waals surface area contributed by atoms with Crippen LogP contribution >= 0.6 is 0 Å². The van der Waals surface area contributed by atoms with E-state index < -0.39 is 0 Å². The number of nitrogens with two attached hydrogens (primary N) is 3. The van der Waals surface area contributed by atoms with Crippen LogP contribution in [0.3, 0.4) is 0 Å². The molecule has 68 valence electrons. The molecule has 5 heteroatoms. The van der Waals surface area contributed by atoms with E-state index in [0.29, 0.717) is 18.1 Å². The molecule has 0 atom stereocenters. The van der Waals surface area contributed by atoms with Crippen molar-refractivity contribution in [3.63, 3.8) is 0 Å². The summed E-state index contributed by atoms with van der Waals surface area (Å²) in [5.74, 6) is 0.365. The zero-order valence-corrected chi connectivity index (χ0v) is 7.41. The maximum absolute atomic E-state index is 5.66. The van der Waals surface area contributed by atoms with Crippen molar-refractivity contribution in [2.24, 2.45) is 5.73 Å². The second-order valence-corrected chi connectivity index (χ2v) is 2.99. The molecule has 1 heterocycles. The highest BCUT2D eigenvalue weighted by Gasteiger charge is 2.12. The Morgan fingerprint density at radius 3 is 2.33 bits per heavy atom. The largest absolute Gasteiger partial charge is 0.394 e. The van der Waals surface area contributed by atoms with E-state index in [1.807, 2.05) is 13.8 Å². The van der Waals surface area contributed by atoms with Gasteiger partial charge in [0.2, 0.25) is 0 Å². The van der Waals surface area contributed by atoms with E-state index in [-0.39, 0.29) is 6.04 Å². The molecule has 0 amide bonds. The SMILES string of the molecule is CC(C)n1nc(N)c(N)c1CN. The van der Waals surface area contributed by atoms with Gasteiger partial charge in [0, 0.05) is 12.6 Å². The second kappa shape index (κ2) is 3.02. The van der Waals surface area contributed by atoms with Gasteiger partial charge < -0.3 is 17.2 Å². The fraction of sp³-hybridized carbons (Fsp3) is 0.571. The first kappa shape index (κ1) is 8.86. The molecule has 0 spiro atoms. The minimum Gasteiger partial charge on any atom is -0.394 e. The highest BCUT2D eigenvalue weighted by Crippen LogP contribution is 2.21. The number of rotatable bonds is 2. The van der Waals surface area contributed by atoms with Crippen molar-refractivity contribution in [3.05, 3.63) is 5.69 Å². The van der Waals surface area contributed by atoms with Gasteiger partial charge in [-0.1, -0.05) is 0 Å². The van der Waals surface area contributed by atoms with Crippen LogP contribution in [0, 0.1) is 0 Å². The lowest BCUT2D eigenvalue weighted by Crippen LogP contribution is -2.12. The van der Waals surface area contributed by atoms with Crippen molar-refractivity contribution in [3.8, 4) is 0 Å². The van der Waals surface area contributed by atoms with Gasteiger partial charge in [0.25, 0.3) is 0 Å². The molecule has 0 aliphatic heterocycles. The fourth-order valence-corrected chi connectivity index (χ4v) is 1.13. The van der Waals surface area contributed by atoms with E-state index in [9.17, 15) is 0 Å². The van der Waals surface area contributed by atoms with Crippen LogP contribution in [0.1, 0.15) is 25.6 Å². The normalized spacial score (nSPS) is 11.0. The molecule has 1 rings (SSSR count). The maximum atomic E-state index is 5.66. The predicted molar refractivity (Wildman–Crippen MR) is 49.3 cm³/mol. The molecule has 0 radical (unpaired) electrons. The Labute approximate surface area is 71.5 Å². The smallest absolute Gasteiger partial charge is 0.169 e. The van der Waals surface area contributed by atoms with Gasteiger partial charge in [-0.25, -0.2) is 0 Å². The van der Waals surface area contributed by atoms with Crippen molar-refractivity contribution < 1.29 is 0 Å². The van der Waals surface area contributed by atoms with E-state index in [4.69, 9.17) is 17.2 Å². The minimum absolute atomic E-state index is 0.239. The molecule has 0 unspecified atom stereocenters. The number of nitrogen functional groups attached to an aromatic ring is 2. The molecule has 0 fully saturated rings. The second-order valence-electron chi connectivity index (χ2n) is 2.99. The van der Waals surface area contributed by atoms with Crippen LogP contribution in [0.2, 0.25) is 0 Å². The van der Waals surface area contributed by atoms with E-state index in [1.165, 1.54) is 0 Å². The molecule has 1 aromatic rings. The van der Waals surface area contributed by atoms with Crippen molar-refractivity contribution in [1.82, 2.24) is 9.78 Å².